The van der Waals surface area contributed by atoms with Crippen LogP contribution in [0.5, 0.6) is 0 Å². The van der Waals surface area contributed by atoms with Gasteiger partial charge in [-0.25, -0.2) is 4.98 Å². The highest BCUT2D eigenvalue weighted by molar-refractivity contribution is 5.90. The molecule has 1 aliphatic rings. The van der Waals surface area contributed by atoms with E-state index in [4.69, 9.17) is 0 Å². The van der Waals surface area contributed by atoms with Gasteiger partial charge in [0, 0.05) is 6.04 Å². The Hall–Kier alpha value is -1.39. The zero-order valence-electron chi connectivity index (χ0n) is 12.3. The van der Waals surface area contributed by atoms with Crippen LogP contribution in [0.1, 0.15) is 62.9 Å². The van der Waals surface area contributed by atoms with Gasteiger partial charge in [0.05, 0.1) is 0 Å². The summed E-state index contributed by atoms with van der Waals surface area (Å²) in [4.78, 5) is 16.2. The van der Waals surface area contributed by atoms with Crippen LogP contribution in [0, 0.1) is 18.3 Å². The number of aromatic nitrogens is 3. The predicted molar refractivity (Wildman–Crippen MR) is 73.8 cm³/mol. The molecular formula is C14H24N4O. The van der Waals surface area contributed by atoms with Crippen molar-refractivity contribution in [2.45, 2.75) is 59.4 Å². The molecule has 0 aromatic carbocycles. The molecule has 1 aromatic heterocycles. The Balaban J connectivity index is 2.05. The van der Waals surface area contributed by atoms with Crippen LogP contribution in [-0.2, 0) is 0 Å². The van der Waals surface area contributed by atoms with Gasteiger partial charge in [0.15, 0.2) is 0 Å². The second-order valence-corrected chi connectivity index (χ2v) is 6.58. The molecule has 2 atom stereocenters. The minimum Gasteiger partial charge on any atom is -0.346 e. The standard InChI is InChI=1S/C14H24N4O/c1-9-15-12(18-17-9)13(19)16-11-8-6-5-7-10(11)14(2,3)4/h10-11H,5-8H2,1-4H3,(H,16,19)(H,15,17,18). The van der Waals surface area contributed by atoms with Crippen LogP contribution in [0.3, 0.4) is 0 Å². The van der Waals surface area contributed by atoms with Gasteiger partial charge in [0.25, 0.3) is 5.91 Å². The maximum Gasteiger partial charge on any atom is 0.291 e. The zero-order valence-corrected chi connectivity index (χ0v) is 12.3. The molecule has 0 radical (unpaired) electrons. The van der Waals surface area contributed by atoms with E-state index in [9.17, 15) is 4.79 Å². The van der Waals surface area contributed by atoms with Crippen LogP contribution >= 0.6 is 0 Å². The lowest BCUT2D eigenvalue weighted by Gasteiger charge is -2.40. The second-order valence-electron chi connectivity index (χ2n) is 6.58. The Morgan fingerprint density at radius 1 is 1.32 bits per heavy atom. The summed E-state index contributed by atoms with van der Waals surface area (Å²) in [6.07, 6.45) is 4.68. The van der Waals surface area contributed by atoms with Gasteiger partial charge in [-0.2, -0.15) is 0 Å². The van der Waals surface area contributed by atoms with Gasteiger partial charge in [0.2, 0.25) is 5.82 Å². The third-order valence-corrected chi connectivity index (χ3v) is 4.00. The summed E-state index contributed by atoms with van der Waals surface area (Å²) in [6.45, 7) is 8.54. The summed E-state index contributed by atoms with van der Waals surface area (Å²) < 4.78 is 0. The molecule has 5 heteroatoms. The van der Waals surface area contributed by atoms with E-state index in [0.29, 0.717) is 11.7 Å². The molecule has 0 spiro atoms. The number of carbonyl (C=O) groups is 1. The van der Waals surface area contributed by atoms with Crippen LogP contribution in [0.25, 0.3) is 0 Å². The first-order valence-corrected chi connectivity index (χ1v) is 7.08. The average molecular weight is 264 g/mol. The summed E-state index contributed by atoms with van der Waals surface area (Å²) >= 11 is 0. The summed E-state index contributed by atoms with van der Waals surface area (Å²) in [7, 11) is 0. The number of aryl methyl sites for hydroxylation is 1. The molecule has 1 aromatic rings. The molecule has 5 nitrogen and oxygen atoms in total. The molecule has 1 fully saturated rings. The number of nitrogens with zero attached hydrogens (tertiary/aromatic N) is 2. The van der Waals surface area contributed by atoms with E-state index in [1.807, 2.05) is 0 Å². The lowest BCUT2D eigenvalue weighted by molar-refractivity contribution is 0.0820. The van der Waals surface area contributed by atoms with Gasteiger partial charge in [-0.05, 0) is 31.1 Å². The topological polar surface area (TPSA) is 70.7 Å². The van der Waals surface area contributed by atoms with Gasteiger partial charge in [-0.15, -0.1) is 5.10 Å². The number of carbonyl (C=O) groups excluding carboxylic acids is 1. The lowest BCUT2D eigenvalue weighted by Crippen LogP contribution is -2.46. The van der Waals surface area contributed by atoms with E-state index in [-0.39, 0.29) is 23.2 Å². The van der Waals surface area contributed by atoms with Crippen LogP contribution in [-0.4, -0.2) is 27.1 Å². The summed E-state index contributed by atoms with van der Waals surface area (Å²) in [5.41, 5.74) is 0.216. The predicted octanol–water partition coefficient (Wildman–Crippen LogP) is 2.45. The molecule has 1 saturated carbocycles. The first-order valence-electron chi connectivity index (χ1n) is 7.08. The van der Waals surface area contributed by atoms with Gasteiger partial charge in [-0.1, -0.05) is 33.6 Å². The maximum atomic E-state index is 12.1. The largest absolute Gasteiger partial charge is 0.346 e. The minimum atomic E-state index is -0.162. The Bertz CT molecular complexity index is 447. The van der Waals surface area contributed by atoms with E-state index < -0.39 is 0 Å². The van der Waals surface area contributed by atoms with E-state index in [0.717, 1.165) is 6.42 Å². The Kier molecular flexibility index (Phi) is 3.92. The number of amides is 1. The normalized spacial score (nSPS) is 24.2. The fourth-order valence-electron chi connectivity index (χ4n) is 3.02. The Morgan fingerprint density at radius 3 is 2.58 bits per heavy atom. The van der Waals surface area contributed by atoms with E-state index in [1.54, 1.807) is 6.92 Å². The molecular weight excluding hydrogens is 240 g/mol. The van der Waals surface area contributed by atoms with Crippen molar-refractivity contribution in [1.82, 2.24) is 20.5 Å². The Labute approximate surface area is 114 Å². The smallest absolute Gasteiger partial charge is 0.291 e. The Morgan fingerprint density at radius 2 is 2.00 bits per heavy atom. The van der Waals surface area contributed by atoms with Crippen molar-refractivity contribution in [2.24, 2.45) is 11.3 Å². The van der Waals surface area contributed by atoms with Crippen molar-refractivity contribution < 1.29 is 4.79 Å². The monoisotopic (exact) mass is 264 g/mol. The van der Waals surface area contributed by atoms with Gasteiger partial charge in [-0.3, -0.25) is 9.89 Å². The number of hydrogen-bond acceptors (Lipinski definition) is 3. The van der Waals surface area contributed by atoms with Crippen LogP contribution < -0.4 is 5.32 Å². The minimum absolute atomic E-state index is 0.162. The molecule has 2 rings (SSSR count). The molecule has 1 heterocycles. The maximum absolute atomic E-state index is 12.1. The summed E-state index contributed by atoms with van der Waals surface area (Å²) in [5, 5.41) is 9.75. The SMILES string of the molecule is Cc1nc(C(=O)NC2CCCCC2C(C)(C)C)n[nH]1. The van der Waals surface area contributed by atoms with E-state index in [2.05, 4.69) is 41.3 Å². The highest BCUT2D eigenvalue weighted by Crippen LogP contribution is 2.38. The van der Waals surface area contributed by atoms with Crippen molar-refractivity contribution in [3.8, 4) is 0 Å². The van der Waals surface area contributed by atoms with Crippen molar-refractivity contribution in [2.75, 3.05) is 0 Å². The van der Waals surface area contributed by atoms with E-state index >= 15 is 0 Å². The number of H-pyrrole nitrogens is 1. The fraction of sp³-hybridized carbons (Fsp3) is 0.786. The van der Waals surface area contributed by atoms with Crippen molar-refractivity contribution in [1.29, 1.82) is 0 Å². The highest BCUT2D eigenvalue weighted by atomic mass is 16.2. The van der Waals surface area contributed by atoms with Crippen LogP contribution in [0.4, 0.5) is 0 Å². The second kappa shape index (κ2) is 5.31. The van der Waals surface area contributed by atoms with Gasteiger partial charge in [0.1, 0.15) is 5.82 Å². The first kappa shape index (κ1) is 14.0. The van der Waals surface area contributed by atoms with Crippen LogP contribution in [0.15, 0.2) is 0 Å². The number of rotatable bonds is 2. The fourth-order valence-corrected chi connectivity index (χ4v) is 3.02. The first-order chi connectivity index (χ1) is 8.88. The molecule has 1 aliphatic carbocycles. The van der Waals surface area contributed by atoms with Crippen molar-refractivity contribution >= 4 is 5.91 Å². The lowest BCUT2D eigenvalue weighted by atomic mass is 9.69. The third-order valence-electron chi connectivity index (χ3n) is 4.00. The number of hydrogen-bond donors (Lipinski definition) is 2. The molecule has 0 aliphatic heterocycles. The molecule has 2 N–H and O–H groups in total. The summed E-state index contributed by atoms with van der Waals surface area (Å²) in [5.74, 6) is 1.27. The van der Waals surface area contributed by atoms with Gasteiger partial charge >= 0.3 is 0 Å². The summed E-state index contributed by atoms with van der Waals surface area (Å²) in [6, 6.07) is 0.236. The molecule has 0 bridgehead atoms. The number of aromatic amines is 1. The van der Waals surface area contributed by atoms with Crippen molar-refractivity contribution in [3.05, 3.63) is 11.6 Å². The van der Waals surface area contributed by atoms with Crippen LogP contribution in [0.2, 0.25) is 0 Å². The highest BCUT2D eigenvalue weighted by Gasteiger charge is 2.35. The van der Waals surface area contributed by atoms with Crippen molar-refractivity contribution in [3.63, 3.8) is 0 Å². The van der Waals surface area contributed by atoms with Gasteiger partial charge < -0.3 is 5.32 Å². The third kappa shape index (κ3) is 3.33. The molecule has 1 amide bonds. The quantitative estimate of drug-likeness (QED) is 0.862. The number of nitrogens with one attached hydrogen (secondary N) is 2. The zero-order chi connectivity index (χ0) is 14.0. The molecule has 19 heavy (non-hydrogen) atoms. The average Bonchev–Trinajstić information content (AvgIpc) is 2.75. The molecule has 0 saturated heterocycles. The molecule has 2 unspecified atom stereocenters. The molecule has 106 valence electrons. The van der Waals surface area contributed by atoms with E-state index in [1.165, 1.54) is 19.3 Å².